The molecule has 0 N–H and O–H groups in total. The molecule has 3 aromatic carbocycles. The Morgan fingerprint density at radius 3 is 2.46 bits per heavy atom. The molecule has 5 rings (SSSR count). The summed E-state index contributed by atoms with van der Waals surface area (Å²) in [6, 6.07) is 21.1. The van der Waals surface area contributed by atoms with Crippen molar-refractivity contribution >= 4 is 16.6 Å². The van der Waals surface area contributed by atoms with Crippen LogP contribution in [0.25, 0.3) is 10.8 Å². The van der Waals surface area contributed by atoms with E-state index in [1.54, 1.807) is 0 Å². The van der Waals surface area contributed by atoms with Crippen molar-refractivity contribution in [2.24, 2.45) is 5.41 Å². The molecule has 2 aliphatic rings. The Kier molecular flexibility index (Phi) is 3.74. The molecule has 0 saturated carbocycles. The molecule has 1 heterocycles. The zero-order valence-corrected chi connectivity index (χ0v) is 16.6. The van der Waals surface area contributed by atoms with E-state index in [0.29, 0.717) is 6.42 Å². The van der Waals surface area contributed by atoms with Gasteiger partial charge >= 0.3 is 0 Å². The topological polar surface area (TPSA) is 26.3 Å². The molecule has 1 unspecified atom stereocenters. The van der Waals surface area contributed by atoms with Gasteiger partial charge in [0.1, 0.15) is 11.5 Å². The molecular formula is C26H24O2. The number of hydrogen-bond donors (Lipinski definition) is 0. The maximum Gasteiger partial charge on any atom is 0.163 e. The molecular weight excluding hydrogens is 344 g/mol. The van der Waals surface area contributed by atoms with Crippen LogP contribution in [0.2, 0.25) is 0 Å². The van der Waals surface area contributed by atoms with Crippen LogP contribution >= 0.6 is 0 Å². The standard InChI is InChI=1S/C26H24O2/c1-16-8-10-18(11-9-16)23-24-19-7-5-4-6-17(19)12-13-21(24)28-22-15-26(2,3)14-20(27)25(22)23/h4-13,23H,14-15H2,1-3H3. The summed E-state index contributed by atoms with van der Waals surface area (Å²) in [6.07, 6.45) is 1.36. The van der Waals surface area contributed by atoms with E-state index in [2.05, 4.69) is 81.4 Å². The lowest BCUT2D eigenvalue weighted by atomic mass is 9.69. The molecule has 140 valence electrons. The second-order valence-electron chi connectivity index (χ2n) is 8.92. The van der Waals surface area contributed by atoms with E-state index < -0.39 is 0 Å². The third-order valence-electron chi connectivity index (χ3n) is 6.03. The van der Waals surface area contributed by atoms with E-state index in [4.69, 9.17) is 4.74 Å². The molecule has 2 nitrogen and oxygen atoms in total. The van der Waals surface area contributed by atoms with Gasteiger partial charge in [-0.05, 0) is 34.7 Å². The van der Waals surface area contributed by atoms with Crippen LogP contribution < -0.4 is 4.74 Å². The first-order valence-corrected chi connectivity index (χ1v) is 9.95. The smallest absolute Gasteiger partial charge is 0.163 e. The molecule has 0 fully saturated rings. The van der Waals surface area contributed by atoms with E-state index in [9.17, 15) is 4.79 Å². The molecule has 0 aromatic heterocycles. The molecule has 3 aromatic rings. The van der Waals surface area contributed by atoms with Gasteiger partial charge in [-0.1, -0.05) is 74.0 Å². The second-order valence-corrected chi connectivity index (χ2v) is 8.92. The SMILES string of the molecule is Cc1ccc(C2C3=C(CC(C)(C)CC3=O)Oc3ccc4ccccc4c32)cc1. The molecule has 1 atom stereocenters. The zero-order valence-electron chi connectivity index (χ0n) is 16.6. The Hall–Kier alpha value is -2.87. The van der Waals surface area contributed by atoms with Crippen LogP contribution in [0.3, 0.4) is 0 Å². The number of fused-ring (bicyclic) bond motifs is 3. The van der Waals surface area contributed by atoms with Crippen molar-refractivity contribution in [1.29, 1.82) is 0 Å². The summed E-state index contributed by atoms with van der Waals surface area (Å²) < 4.78 is 6.38. The lowest BCUT2D eigenvalue weighted by Gasteiger charge is -2.38. The first-order valence-electron chi connectivity index (χ1n) is 9.95. The number of benzene rings is 3. The summed E-state index contributed by atoms with van der Waals surface area (Å²) in [5.74, 6) is 1.88. The fourth-order valence-electron chi connectivity index (χ4n) is 4.72. The summed E-state index contributed by atoms with van der Waals surface area (Å²) in [7, 11) is 0. The van der Waals surface area contributed by atoms with Crippen molar-refractivity contribution in [2.45, 2.75) is 39.5 Å². The van der Waals surface area contributed by atoms with Crippen LogP contribution in [0, 0.1) is 12.3 Å². The van der Waals surface area contributed by atoms with Crippen molar-refractivity contribution in [3.8, 4) is 5.75 Å². The van der Waals surface area contributed by atoms with Gasteiger partial charge in [0.25, 0.3) is 0 Å². The third kappa shape index (κ3) is 2.67. The molecule has 2 heteroatoms. The number of hydrogen-bond acceptors (Lipinski definition) is 2. The number of rotatable bonds is 1. The molecule has 0 spiro atoms. The number of carbonyl (C=O) groups excluding carboxylic acids is 1. The first kappa shape index (κ1) is 17.2. The molecule has 0 bridgehead atoms. The monoisotopic (exact) mass is 368 g/mol. The zero-order chi connectivity index (χ0) is 19.5. The second kappa shape index (κ2) is 6.07. The Morgan fingerprint density at radius 2 is 1.68 bits per heavy atom. The fourth-order valence-corrected chi connectivity index (χ4v) is 4.72. The predicted octanol–water partition coefficient (Wildman–Crippen LogP) is 6.32. The van der Waals surface area contributed by atoms with Crippen LogP contribution in [0.5, 0.6) is 5.75 Å². The molecule has 0 amide bonds. The van der Waals surface area contributed by atoms with E-state index >= 15 is 0 Å². The van der Waals surface area contributed by atoms with Crippen molar-refractivity contribution in [3.63, 3.8) is 0 Å². The molecule has 28 heavy (non-hydrogen) atoms. The van der Waals surface area contributed by atoms with E-state index in [-0.39, 0.29) is 17.1 Å². The van der Waals surface area contributed by atoms with Gasteiger partial charge in [-0.15, -0.1) is 0 Å². The highest BCUT2D eigenvalue weighted by atomic mass is 16.5. The lowest BCUT2D eigenvalue weighted by Crippen LogP contribution is -2.33. The van der Waals surface area contributed by atoms with Crippen LogP contribution in [0.15, 0.2) is 72.0 Å². The van der Waals surface area contributed by atoms with Crippen LogP contribution in [0.1, 0.15) is 49.3 Å². The minimum absolute atomic E-state index is 0.0674. The summed E-state index contributed by atoms with van der Waals surface area (Å²) in [4.78, 5) is 13.3. The van der Waals surface area contributed by atoms with E-state index in [1.807, 2.05) is 0 Å². The Balaban J connectivity index is 1.81. The number of ketones is 1. The third-order valence-corrected chi connectivity index (χ3v) is 6.03. The average Bonchev–Trinajstić information content (AvgIpc) is 2.66. The van der Waals surface area contributed by atoms with Gasteiger partial charge < -0.3 is 4.74 Å². The van der Waals surface area contributed by atoms with Crippen molar-refractivity contribution in [2.75, 3.05) is 0 Å². The first-order chi connectivity index (χ1) is 13.4. The Labute approximate surface area is 165 Å². The van der Waals surface area contributed by atoms with Crippen molar-refractivity contribution in [3.05, 3.63) is 88.7 Å². The largest absolute Gasteiger partial charge is 0.461 e. The van der Waals surface area contributed by atoms with Gasteiger partial charge in [0, 0.05) is 29.9 Å². The maximum absolute atomic E-state index is 13.3. The van der Waals surface area contributed by atoms with Crippen molar-refractivity contribution < 1.29 is 9.53 Å². The van der Waals surface area contributed by atoms with Gasteiger partial charge in [0.05, 0.1) is 0 Å². The van der Waals surface area contributed by atoms with E-state index in [1.165, 1.54) is 10.9 Å². The Morgan fingerprint density at radius 1 is 0.929 bits per heavy atom. The van der Waals surface area contributed by atoms with E-state index in [0.717, 1.165) is 40.0 Å². The summed E-state index contributed by atoms with van der Waals surface area (Å²) in [5, 5.41) is 2.34. The average molecular weight is 368 g/mol. The number of ether oxygens (including phenoxy) is 1. The van der Waals surface area contributed by atoms with Crippen molar-refractivity contribution in [1.82, 2.24) is 0 Å². The number of Topliss-reactive ketones (excluding diaryl/α,β-unsaturated/α-hetero) is 1. The van der Waals surface area contributed by atoms with Gasteiger partial charge in [-0.25, -0.2) is 0 Å². The molecule has 0 radical (unpaired) electrons. The van der Waals surface area contributed by atoms with Gasteiger partial charge in [-0.3, -0.25) is 4.79 Å². The van der Waals surface area contributed by atoms with Crippen LogP contribution in [-0.2, 0) is 4.79 Å². The molecule has 0 saturated heterocycles. The fraction of sp³-hybridized carbons (Fsp3) is 0.269. The lowest BCUT2D eigenvalue weighted by molar-refractivity contribution is -0.118. The Bertz CT molecular complexity index is 1130. The van der Waals surface area contributed by atoms with Crippen LogP contribution in [-0.4, -0.2) is 5.78 Å². The quantitative estimate of drug-likeness (QED) is 0.503. The number of aryl methyl sites for hydroxylation is 1. The van der Waals surface area contributed by atoms with Crippen LogP contribution in [0.4, 0.5) is 0 Å². The number of carbonyl (C=O) groups is 1. The minimum atomic E-state index is -0.0750. The predicted molar refractivity (Wildman–Crippen MR) is 113 cm³/mol. The molecule has 1 aliphatic carbocycles. The minimum Gasteiger partial charge on any atom is -0.461 e. The van der Waals surface area contributed by atoms with Gasteiger partial charge in [0.15, 0.2) is 5.78 Å². The summed E-state index contributed by atoms with van der Waals surface area (Å²) >= 11 is 0. The maximum atomic E-state index is 13.3. The van der Waals surface area contributed by atoms with Gasteiger partial charge in [0.2, 0.25) is 0 Å². The molecule has 1 aliphatic heterocycles. The normalized spacial score (nSPS) is 20.5. The highest BCUT2D eigenvalue weighted by Crippen LogP contribution is 2.51. The highest BCUT2D eigenvalue weighted by Gasteiger charge is 2.42. The summed E-state index contributed by atoms with van der Waals surface area (Å²) in [6.45, 7) is 6.39. The summed E-state index contributed by atoms with van der Waals surface area (Å²) in [5.41, 5.74) is 4.29. The number of allylic oxidation sites excluding steroid dienone is 2. The highest BCUT2D eigenvalue weighted by molar-refractivity contribution is 6.02. The van der Waals surface area contributed by atoms with Gasteiger partial charge in [-0.2, -0.15) is 0 Å².